The lowest BCUT2D eigenvalue weighted by Gasteiger charge is -2.41. The lowest BCUT2D eigenvalue weighted by Crippen LogP contribution is -2.53. The Balaban J connectivity index is 1.86. The largest absolute Gasteiger partial charge is 0.390 e. The number of hydrogen-bond acceptors (Lipinski definition) is 3. The molecule has 7 unspecified atom stereocenters. The van der Waals surface area contributed by atoms with E-state index in [2.05, 4.69) is 6.58 Å². The molecule has 0 spiro atoms. The molecule has 2 bridgehead atoms. The summed E-state index contributed by atoms with van der Waals surface area (Å²) < 4.78 is 6.30. The van der Waals surface area contributed by atoms with Crippen LogP contribution in [0.15, 0.2) is 12.7 Å². The normalized spacial score (nSPS) is 53.7. The van der Waals surface area contributed by atoms with Crippen LogP contribution in [0.5, 0.6) is 0 Å². The van der Waals surface area contributed by atoms with Crippen molar-refractivity contribution in [3.63, 3.8) is 0 Å². The van der Waals surface area contributed by atoms with Crippen molar-refractivity contribution in [2.75, 3.05) is 0 Å². The van der Waals surface area contributed by atoms with Gasteiger partial charge in [0.15, 0.2) is 5.72 Å². The molecule has 104 valence electrons. The zero-order chi connectivity index (χ0) is 13.5. The minimum atomic E-state index is -0.529. The molecule has 1 N–H and O–H groups in total. The van der Waals surface area contributed by atoms with Crippen molar-refractivity contribution in [2.24, 2.45) is 23.7 Å². The van der Waals surface area contributed by atoms with Crippen LogP contribution in [-0.4, -0.2) is 39.9 Å². The number of carbonyl (C=O) groups is 1. The highest BCUT2D eigenvalue weighted by molar-refractivity contribution is 5.85. The number of aliphatic hydroxyl groups excluding tert-OH is 1. The maximum atomic E-state index is 12.8. The van der Waals surface area contributed by atoms with Gasteiger partial charge in [-0.3, -0.25) is 4.79 Å². The standard InChI is InChI=1S/C15H21NO3/c1-4-5-15-11-9-6-8(12(17)13(9)19-15)10(11)14(18)16(15)7(2)3/h4,7-13,17H,1,5-6H2,2-3H3. The van der Waals surface area contributed by atoms with Crippen molar-refractivity contribution in [2.45, 2.75) is 50.7 Å². The van der Waals surface area contributed by atoms with Gasteiger partial charge >= 0.3 is 0 Å². The zero-order valence-electron chi connectivity index (χ0n) is 11.5. The summed E-state index contributed by atoms with van der Waals surface area (Å²) in [6.07, 6.45) is 2.97. The van der Waals surface area contributed by atoms with Crippen LogP contribution in [0, 0.1) is 23.7 Å². The summed E-state index contributed by atoms with van der Waals surface area (Å²) in [5, 5.41) is 10.3. The first-order valence-electron chi connectivity index (χ1n) is 7.33. The number of ether oxygens (including phenoxy) is 1. The number of aliphatic hydroxyl groups is 1. The van der Waals surface area contributed by atoms with E-state index in [1.54, 1.807) is 0 Å². The second-order valence-corrected chi connectivity index (χ2v) is 6.83. The molecule has 0 radical (unpaired) electrons. The first-order chi connectivity index (χ1) is 9.03. The van der Waals surface area contributed by atoms with Crippen LogP contribution in [-0.2, 0) is 9.53 Å². The van der Waals surface area contributed by atoms with Gasteiger partial charge in [0.2, 0.25) is 5.91 Å². The van der Waals surface area contributed by atoms with Gasteiger partial charge in [0.1, 0.15) is 0 Å². The minimum absolute atomic E-state index is 0.0268. The summed E-state index contributed by atoms with van der Waals surface area (Å²) in [4.78, 5) is 14.7. The predicted octanol–water partition coefficient (Wildman–Crippen LogP) is 1.15. The third-order valence-corrected chi connectivity index (χ3v) is 5.80. The number of carbonyl (C=O) groups excluding carboxylic acids is 1. The number of amides is 1. The van der Waals surface area contributed by atoms with E-state index in [4.69, 9.17) is 4.74 Å². The molecule has 0 aromatic carbocycles. The van der Waals surface area contributed by atoms with Crippen LogP contribution >= 0.6 is 0 Å². The van der Waals surface area contributed by atoms with Gasteiger partial charge in [-0.2, -0.15) is 0 Å². The quantitative estimate of drug-likeness (QED) is 0.777. The molecule has 19 heavy (non-hydrogen) atoms. The predicted molar refractivity (Wildman–Crippen MR) is 69.0 cm³/mol. The van der Waals surface area contributed by atoms with E-state index >= 15 is 0 Å². The van der Waals surface area contributed by atoms with Gasteiger partial charge in [-0.25, -0.2) is 0 Å². The maximum absolute atomic E-state index is 12.8. The van der Waals surface area contributed by atoms with Gasteiger partial charge in [-0.1, -0.05) is 6.08 Å². The molecule has 2 aliphatic carbocycles. The average Bonchev–Trinajstić information content (AvgIpc) is 2.96. The molecule has 0 aromatic rings. The fourth-order valence-corrected chi connectivity index (χ4v) is 5.50. The van der Waals surface area contributed by atoms with Crippen molar-refractivity contribution in [3.8, 4) is 0 Å². The Hall–Kier alpha value is -0.870. The van der Waals surface area contributed by atoms with Crippen LogP contribution in [0.3, 0.4) is 0 Å². The smallest absolute Gasteiger partial charge is 0.229 e. The Morgan fingerprint density at radius 2 is 2.32 bits per heavy atom. The monoisotopic (exact) mass is 263 g/mol. The molecular formula is C15H21NO3. The fourth-order valence-electron chi connectivity index (χ4n) is 5.50. The van der Waals surface area contributed by atoms with E-state index in [0.717, 1.165) is 6.42 Å². The Morgan fingerprint density at radius 1 is 1.58 bits per heavy atom. The maximum Gasteiger partial charge on any atom is 0.229 e. The Bertz CT molecular complexity index is 462. The minimum Gasteiger partial charge on any atom is -0.390 e. The van der Waals surface area contributed by atoms with Gasteiger partial charge in [0.25, 0.3) is 0 Å². The van der Waals surface area contributed by atoms with Crippen molar-refractivity contribution in [3.05, 3.63) is 12.7 Å². The van der Waals surface area contributed by atoms with Crippen LogP contribution < -0.4 is 0 Å². The van der Waals surface area contributed by atoms with Gasteiger partial charge in [0.05, 0.1) is 18.1 Å². The third-order valence-electron chi connectivity index (χ3n) is 5.80. The Morgan fingerprint density at radius 3 is 2.95 bits per heavy atom. The first kappa shape index (κ1) is 11.9. The number of likely N-dealkylation sites (tertiary alicyclic amines) is 1. The molecule has 2 saturated carbocycles. The molecule has 2 aliphatic heterocycles. The molecule has 7 atom stereocenters. The molecule has 4 heteroatoms. The van der Waals surface area contributed by atoms with Gasteiger partial charge < -0.3 is 14.7 Å². The van der Waals surface area contributed by atoms with Crippen molar-refractivity contribution in [1.82, 2.24) is 4.90 Å². The van der Waals surface area contributed by atoms with E-state index in [1.807, 2.05) is 24.8 Å². The highest BCUT2D eigenvalue weighted by Crippen LogP contribution is 2.68. The number of nitrogens with zero attached hydrogens (tertiary/aromatic N) is 1. The molecule has 2 heterocycles. The van der Waals surface area contributed by atoms with E-state index in [9.17, 15) is 9.90 Å². The van der Waals surface area contributed by atoms with E-state index in [1.165, 1.54) is 0 Å². The van der Waals surface area contributed by atoms with Crippen LogP contribution in [0.25, 0.3) is 0 Å². The lowest BCUT2D eigenvalue weighted by atomic mass is 9.76. The van der Waals surface area contributed by atoms with E-state index in [-0.39, 0.29) is 35.8 Å². The van der Waals surface area contributed by atoms with Crippen molar-refractivity contribution < 1.29 is 14.6 Å². The molecule has 4 nitrogen and oxygen atoms in total. The van der Waals surface area contributed by atoms with Crippen LogP contribution in [0.1, 0.15) is 26.7 Å². The van der Waals surface area contributed by atoms with E-state index in [0.29, 0.717) is 12.3 Å². The molecular weight excluding hydrogens is 242 g/mol. The summed E-state index contributed by atoms with van der Waals surface area (Å²) in [6.45, 7) is 7.93. The molecule has 0 aromatic heterocycles. The summed E-state index contributed by atoms with van der Waals surface area (Å²) in [5.41, 5.74) is -0.529. The zero-order valence-corrected chi connectivity index (χ0v) is 11.5. The van der Waals surface area contributed by atoms with Gasteiger partial charge in [0, 0.05) is 18.4 Å². The topological polar surface area (TPSA) is 49.8 Å². The lowest BCUT2D eigenvalue weighted by molar-refractivity contribution is -0.182. The van der Waals surface area contributed by atoms with Crippen LogP contribution in [0.4, 0.5) is 0 Å². The highest BCUT2D eigenvalue weighted by Gasteiger charge is 2.78. The summed E-state index contributed by atoms with van der Waals surface area (Å²) in [7, 11) is 0. The molecule has 2 saturated heterocycles. The molecule has 4 rings (SSSR count). The fraction of sp³-hybridized carbons (Fsp3) is 0.800. The number of fused-ring (bicyclic) bond motifs is 2. The Labute approximate surface area is 113 Å². The second-order valence-electron chi connectivity index (χ2n) is 6.83. The number of hydrogen-bond donors (Lipinski definition) is 1. The van der Waals surface area contributed by atoms with Gasteiger partial charge in [-0.05, 0) is 32.1 Å². The second kappa shape index (κ2) is 3.41. The highest BCUT2D eigenvalue weighted by atomic mass is 16.6. The molecule has 1 amide bonds. The number of rotatable bonds is 3. The SMILES string of the molecule is C=CCC12OC3C(O)C4CC3C1C4C(=O)N2C(C)C. The molecule has 4 aliphatic rings. The summed E-state index contributed by atoms with van der Waals surface area (Å²) in [5.74, 6) is 0.895. The van der Waals surface area contributed by atoms with Crippen LogP contribution in [0.2, 0.25) is 0 Å². The first-order valence-corrected chi connectivity index (χ1v) is 7.33. The van der Waals surface area contributed by atoms with Crippen molar-refractivity contribution >= 4 is 5.91 Å². The van der Waals surface area contributed by atoms with Crippen molar-refractivity contribution in [1.29, 1.82) is 0 Å². The summed E-state index contributed by atoms with van der Waals surface area (Å²) in [6, 6.07) is 0.133. The Kier molecular flexibility index (Phi) is 2.14. The summed E-state index contributed by atoms with van der Waals surface area (Å²) >= 11 is 0. The third kappa shape index (κ3) is 1.08. The van der Waals surface area contributed by atoms with E-state index < -0.39 is 11.8 Å². The molecule has 4 fully saturated rings. The van der Waals surface area contributed by atoms with Gasteiger partial charge in [-0.15, -0.1) is 6.58 Å². The average molecular weight is 263 g/mol.